The Kier molecular flexibility index (Phi) is 13.3. The molecule has 0 amide bonds. The number of hydrogen-bond donors (Lipinski definition) is 2. The van der Waals surface area contributed by atoms with Gasteiger partial charge in [0, 0.05) is 17.8 Å². The largest absolute Gasteiger partial charge is 0.392 e. The molecule has 0 radical (unpaired) electrons. The number of nitrogens with two attached hydrogens (primary N) is 1. The van der Waals surface area contributed by atoms with Gasteiger partial charge in [-0.05, 0) is 117 Å². The molecule has 3 N–H and O–H groups in total. The maximum absolute atomic E-state index is 10.9. The van der Waals surface area contributed by atoms with Crippen molar-refractivity contribution in [3.05, 3.63) is 0 Å². The highest BCUT2D eigenvalue weighted by Crippen LogP contribution is 2.67. The molecule has 2 saturated carbocycles. The van der Waals surface area contributed by atoms with Crippen LogP contribution in [-0.2, 0) is 9.47 Å². The lowest BCUT2D eigenvalue weighted by molar-refractivity contribution is -0.192. The minimum absolute atomic E-state index is 0.00737. The number of fused-ring (bicyclic) bond motifs is 4. The second-order valence-corrected chi connectivity index (χ2v) is 17.4. The van der Waals surface area contributed by atoms with E-state index in [0.717, 1.165) is 32.0 Å². The van der Waals surface area contributed by atoms with Crippen LogP contribution in [0.2, 0.25) is 0 Å². The zero-order chi connectivity index (χ0) is 29.6. The van der Waals surface area contributed by atoms with Crippen LogP contribution in [0.25, 0.3) is 0 Å². The minimum Gasteiger partial charge on any atom is -0.392 e. The quantitative estimate of drug-likeness (QED) is 0.325. The average molecular weight is 582 g/mol. The molecule has 4 nitrogen and oxygen atoms in total. The number of ether oxygens (including phenoxy) is 2. The molecular formula is C35H68NO3P. The zero-order valence-electron chi connectivity index (χ0n) is 27.9. The molecule has 5 heteroatoms. The molecule has 3 aliphatic heterocycles. The Balaban J connectivity index is 0.00000106. The van der Waals surface area contributed by atoms with Gasteiger partial charge in [0.05, 0.1) is 12.7 Å². The molecule has 3 saturated heterocycles. The van der Waals surface area contributed by atoms with Crippen molar-refractivity contribution in [1.29, 1.82) is 0 Å². The molecule has 0 aromatic rings. The molecule has 5 rings (SSSR count). The van der Waals surface area contributed by atoms with E-state index in [9.17, 15) is 5.11 Å². The summed E-state index contributed by atoms with van der Waals surface area (Å²) in [5.74, 6) is 2.60. The summed E-state index contributed by atoms with van der Waals surface area (Å²) in [7, 11) is -0.217. The van der Waals surface area contributed by atoms with Gasteiger partial charge >= 0.3 is 0 Å². The Morgan fingerprint density at radius 3 is 2.35 bits per heavy atom. The molecule has 40 heavy (non-hydrogen) atoms. The molecule has 236 valence electrons. The van der Waals surface area contributed by atoms with E-state index in [2.05, 4.69) is 27.7 Å². The summed E-state index contributed by atoms with van der Waals surface area (Å²) in [6, 6.07) is 0. The van der Waals surface area contributed by atoms with Gasteiger partial charge in [0.25, 0.3) is 0 Å². The highest BCUT2D eigenvalue weighted by atomic mass is 31.1. The predicted octanol–water partition coefficient (Wildman–Crippen LogP) is 9.11. The predicted molar refractivity (Wildman–Crippen MR) is 173 cm³/mol. The first-order chi connectivity index (χ1) is 19.2. The van der Waals surface area contributed by atoms with Crippen LogP contribution in [0.1, 0.15) is 145 Å². The Hall–Kier alpha value is 0.270. The number of aliphatic hydroxyl groups excluding tert-OH is 1. The fourth-order valence-corrected chi connectivity index (χ4v) is 14.0. The van der Waals surface area contributed by atoms with Gasteiger partial charge in [-0.2, -0.15) is 0 Å². The summed E-state index contributed by atoms with van der Waals surface area (Å²) in [6.07, 6.45) is 18.4. The van der Waals surface area contributed by atoms with E-state index in [-0.39, 0.29) is 31.3 Å². The lowest BCUT2D eigenvalue weighted by Gasteiger charge is -2.59. The summed E-state index contributed by atoms with van der Waals surface area (Å²) in [5, 5.41) is 11.3. The summed E-state index contributed by atoms with van der Waals surface area (Å²) in [4.78, 5) is 0. The molecule has 5 aliphatic rings. The van der Waals surface area contributed by atoms with Gasteiger partial charge in [-0.25, -0.2) is 0 Å². The third-order valence-corrected chi connectivity index (χ3v) is 16.2. The van der Waals surface area contributed by atoms with Gasteiger partial charge in [0.2, 0.25) is 0 Å². The Morgan fingerprint density at radius 1 is 0.925 bits per heavy atom. The third-order valence-electron chi connectivity index (χ3n) is 12.1. The first kappa shape index (κ1) is 34.8. The Labute approximate surface area is 250 Å². The molecule has 11 atom stereocenters. The lowest BCUT2D eigenvalue weighted by Crippen LogP contribution is -2.63. The number of hydrogen-bond acceptors (Lipinski definition) is 4. The number of aliphatic hydroxyl groups is 1. The van der Waals surface area contributed by atoms with E-state index in [1.54, 1.807) is 0 Å². The fourth-order valence-electron chi connectivity index (χ4n) is 9.88. The van der Waals surface area contributed by atoms with Gasteiger partial charge in [0.15, 0.2) is 6.29 Å². The van der Waals surface area contributed by atoms with E-state index in [0.29, 0.717) is 28.6 Å². The van der Waals surface area contributed by atoms with E-state index in [1.807, 2.05) is 27.7 Å². The molecule has 0 bridgehead atoms. The van der Waals surface area contributed by atoms with Crippen molar-refractivity contribution in [1.82, 2.24) is 0 Å². The van der Waals surface area contributed by atoms with Crippen LogP contribution in [0.5, 0.6) is 0 Å². The molecular weight excluding hydrogens is 513 g/mol. The molecule has 0 aromatic heterocycles. The maximum Gasteiger partial charge on any atom is 0.157 e. The third kappa shape index (κ3) is 7.14. The Morgan fingerprint density at radius 2 is 1.68 bits per heavy atom. The number of rotatable bonds is 4. The van der Waals surface area contributed by atoms with Crippen molar-refractivity contribution < 1.29 is 14.6 Å². The highest BCUT2D eigenvalue weighted by Gasteiger charge is 2.59. The highest BCUT2D eigenvalue weighted by molar-refractivity contribution is 7.60. The summed E-state index contributed by atoms with van der Waals surface area (Å²) in [5.41, 5.74) is 8.42. The van der Waals surface area contributed by atoms with Crippen LogP contribution in [0.4, 0.5) is 0 Å². The van der Waals surface area contributed by atoms with E-state index in [4.69, 9.17) is 15.2 Å². The Bertz CT molecular complexity index is 746. The van der Waals surface area contributed by atoms with Crippen LogP contribution in [0.3, 0.4) is 0 Å². The monoisotopic (exact) mass is 581 g/mol. The normalized spacial score (nSPS) is 47.2. The van der Waals surface area contributed by atoms with Gasteiger partial charge < -0.3 is 20.3 Å². The van der Waals surface area contributed by atoms with Crippen molar-refractivity contribution in [2.75, 3.05) is 19.4 Å². The standard InChI is InChI=1S/C31H56NO3P.2C2H6/c1-5-24-11-17-31(32)25(22(2)20-36-23(3)26(33)13-15-29(36,4)19-24)12-16-30(14-8-9-27(30)31)21-35-28-10-6-7-18-34-28;2*1-2/h22-28,33H,5-21,32H2,1-4H3;2*1-2H3/t22-,23+,24?,25?,26+,27?,28?,29-,30-,31-,36?;;/m1../s1. The topological polar surface area (TPSA) is 64.7 Å². The van der Waals surface area contributed by atoms with E-state index < -0.39 is 0 Å². The molecule has 5 unspecified atom stereocenters. The first-order valence-corrected chi connectivity index (χ1v) is 19.3. The van der Waals surface area contributed by atoms with Gasteiger partial charge in [-0.15, -0.1) is 0 Å². The summed E-state index contributed by atoms with van der Waals surface area (Å²) >= 11 is 0. The van der Waals surface area contributed by atoms with Crippen LogP contribution in [-0.4, -0.2) is 53.2 Å². The molecule has 0 aromatic carbocycles. The summed E-state index contributed by atoms with van der Waals surface area (Å²) < 4.78 is 12.5. The average Bonchev–Trinajstić information content (AvgIpc) is 3.43. The van der Waals surface area contributed by atoms with Crippen molar-refractivity contribution in [2.24, 2.45) is 34.8 Å². The molecule has 3 heterocycles. The maximum atomic E-state index is 10.9. The van der Waals surface area contributed by atoms with Gasteiger partial charge in [0.1, 0.15) is 0 Å². The molecule has 5 fully saturated rings. The van der Waals surface area contributed by atoms with E-state index in [1.165, 1.54) is 83.2 Å². The van der Waals surface area contributed by atoms with E-state index >= 15 is 0 Å². The second-order valence-electron chi connectivity index (χ2n) is 14.2. The first-order valence-electron chi connectivity index (χ1n) is 17.7. The summed E-state index contributed by atoms with van der Waals surface area (Å²) in [6.45, 7) is 19.6. The van der Waals surface area contributed by atoms with Crippen molar-refractivity contribution >= 4 is 7.92 Å². The van der Waals surface area contributed by atoms with Crippen LogP contribution in [0.15, 0.2) is 0 Å². The van der Waals surface area contributed by atoms with Crippen LogP contribution in [0, 0.1) is 29.1 Å². The van der Waals surface area contributed by atoms with Crippen LogP contribution >= 0.6 is 7.92 Å². The van der Waals surface area contributed by atoms with Crippen molar-refractivity contribution in [2.45, 2.75) is 174 Å². The fraction of sp³-hybridized carbons (Fsp3) is 1.00. The van der Waals surface area contributed by atoms with Gasteiger partial charge in [-0.1, -0.05) is 76.2 Å². The zero-order valence-corrected chi connectivity index (χ0v) is 28.7. The smallest absolute Gasteiger partial charge is 0.157 e. The van der Waals surface area contributed by atoms with Crippen molar-refractivity contribution in [3.8, 4) is 0 Å². The molecule has 0 spiro atoms. The van der Waals surface area contributed by atoms with Crippen LogP contribution < -0.4 is 5.73 Å². The lowest BCUT2D eigenvalue weighted by atomic mass is 9.52. The SMILES string of the molecule is CC.CC.CCC1CC[C@@]2(N)C(CC[C@@]3(COC4CCCCO4)CCCC32)[C@H](C)CP2[C@@H](C)[C@@H](O)CC[C@]2(C)C1. The minimum atomic E-state index is -0.217. The molecule has 2 aliphatic carbocycles. The van der Waals surface area contributed by atoms with Gasteiger partial charge in [-0.3, -0.25) is 0 Å². The van der Waals surface area contributed by atoms with Crippen molar-refractivity contribution in [3.63, 3.8) is 0 Å². The second kappa shape index (κ2) is 15.3.